The SMILES string of the molecule is COc1ccc(Cl)cc1NC(=O)CCN1CCN(c2cccc(C)c2)CC1. The van der Waals surface area contributed by atoms with Crippen molar-refractivity contribution in [3.63, 3.8) is 0 Å². The van der Waals surface area contributed by atoms with E-state index >= 15 is 0 Å². The van der Waals surface area contributed by atoms with Crippen LogP contribution in [-0.2, 0) is 4.79 Å². The zero-order valence-corrected chi connectivity index (χ0v) is 16.6. The van der Waals surface area contributed by atoms with Gasteiger partial charge in [-0.2, -0.15) is 0 Å². The zero-order valence-electron chi connectivity index (χ0n) is 15.9. The van der Waals surface area contributed by atoms with Gasteiger partial charge in [0.2, 0.25) is 5.91 Å². The summed E-state index contributed by atoms with van der Waals surface area (Å²) in [5, 5.41) is 3.47. The first-order valence-corrected chi connectivity index (χ1v) is 9.60. The van der Waals surface area contributed by atoms with Crippen LogP contribution in [0.1, 0.15) is 12.0 Å². The number of ether oxygens (including phenoxy) is 1. The van der Waals surface area contributed by atoms with Crippen molar-refractivity contribution in [2.45, 2.75) is 13.3 Å². The van der Waals surface area contributed by atoms with Gasteiger partial charge in [-0.25, -0.2) is 0 Å². The number of halogens is 1. The van der Waals surface area contributed by atoms with Gasteiger partial charge in [-0.3, -0.25) is 9.69 Å². The molecule has 1 heterocycles. The van der Waals surface area contributed by atoms with Crippen LogP contribution in [0, 0.1) is 6.92 Å². The summed E-state index contributed by atoms with van der Waals surface area (Å²) in [5.74, 6) is 0.580. The number of amides is 1. The van der Waals surface area contributed by atoms with Crippen LogP contribution < -0.4 is 15.0 Å². The molecule has 27 heavy (non-hydrogen) atoms. The number of nitrogens with one attached hydrogen (secondary N) is 1. The second-order valence-electron chi connectivity index (χ2n) is 6.81. The van der Waals surface area contributed by atoms with E-state index in [1.807, 2.05) is 0 Å². The topological polar surface area (TPSA) is 44.8 Å². The van der Waals surface area contributed by atoms with Crippen LogP contribution in [0.3, 0.4) is 0 Å². The second-order valence-corrected chi connectivity index (χ2v) is 7.25. The molecule has 0 radical (unpaired) electrons. The largest absolute Gasteiger partial charge is 0.495 e. The molecule has 0 saturated carbocycles. The fourth-order valence-electron chi connectivity index (χ4n) is 3.30. The lowest BCUT2D eigenvalue weighted by Gasteiger charge is -2.36. The van der Waals surface area contributed by atoms with Gasteiger partial charge in [-0.1, -0.05) is 23.7 Å². The molecular weight excluding hydrogens is 362 g/mol. The Kier molecular flexibility index (Phi) is 6.58. The van der Waals surface area contributed by atoms with Crippen molar-refractivity contribution in [3.8, 4) is 5.75 Å². The van der Waals surface area contributed by atoms with E-state index in [9.17, 15) is 4.79 Å². The number of anilines is 2. The van der Waals surface area contributed by atoms with E-state index in [2.05, 4.69) is 46.3 Å². The molecule has 0 atom stereocenters. The number of carbonyl (C=O) groups excluding carboxylic acids is 1. The van der Waals surface area contributed by atoms with Crippen LogP contribution in [0.4, 0.5) is 11.4 Å². The van der Waals surface area contributed by atoms with E-state index in [1.165, 1.54) is 11.3 Å². The van der Waals surface area contributed by atoms with E-state index in [0.717, 1.165) is 32.7 Å². The van der Waals surface area contributed by atoms with Crippen LogP contribution in [-0.4, -0.2) is 50.6 Å². The van der Waals surface area contributed by atoms with Crippen molar-refractivity contribution in [2.24, 2.45) is 0 Å². The van der Waals surface area contributed by atoms with E-state index in [1.54, 1.807) is 25.3 Å². The summed E-state index contributed by atoms with van der Waals surface area (Å²) in [6.45, 7) is 6.74. The van der Waals surface area contributed by atoms with Gasteiger partial charge in [0, 0.05) is 49.9 Å². The minimum atomic E-state index is -0.0309. The molecule has 0 unspecified atom stereocenters. The van der Waals surface area contributed by atoms with Crippen LogP contribution in [0.5, 0.6) is 5.75 Å². The second kappa shape index (κ2) is 9.11. The van der Waals surface area contributed by atoms with Gasteiger partial charge >= 0.3 is 0 Å². The highest BCUT2D eigenvalue weighted by Crippen LogP contribution is 2.27. The molecule has 1 fully saturated rings. The van der Waals surface area contributed by atoms with E-state index < -0.39 is 0 Å². The summed E-state index contributed by atoms with van der Waals surface area (Å²) in [5.41, 5.74) is 3.17. The highest BCUT2D eigenvalue weighted by atomic mass is 35.5. The Morgan fingerprint density at radius 2 is 1.93 bits per heavy atom. The highest BCUT2D eigenvalue weighted by Gasteiger charge is 2.18. The van der Waals surface area contributed by atoms with Crippen LogP contribution >= 0.6 is 11.6 Å². The van der Waals surface area contributed by atoms with Crippen molar-refractivity contribution in [3.05, 3.63) is 53.1 Å². The number of hydrogen-bond donors (Lipinski definition) is 1. The fourth-order valence-corrected chi connectivity index (χ4v) is 3.48. The maximum Gasteiger partial charge on any atom is 0.225 e. The summed E-state index contributed by atoms with van der Waals surface area (Å²) < 4.78 is 5.27. The number of carbonyl (C=O) groups is 1. The molecule has 1 aliphatic rings. The smallest absolute Gasteiger partial charge is 0.225 e. The van der Waals surface area contributed by atoms with E-state index in [4.69, 9.17) is 16.3 Å². The molecule has 144 valence electrons. The molecule has 0 bridgehead atoms. The average molecular weight is 388 g/mol. The van der Waals surface area contributed by atoms with Gasteiger partial charge in [0.1, 0.15) is 5.75 Å². The quantitative estimate of drug-likeness (QED) is 0.818. The number of aryl methyl sites for hydroxylation is 1. The normalized spacial score (nSPS) is 14.9. The molecule has 6 heteroatoms. The zero-order chi connectivity index (χ0) is 19.2. The summed E-state index contributed by atoms with van der Waals surface area (Å²) in [6, 6.07) is 13.8. The molecule has 2 aromatic rings. The lowest BCUT2D eigenvalue weighted by atomic mass is 10.2. The van der Waals surface area contributed by atoms with Crippen molar-refractivity contribution < 1.29 is 9.53 Å². The number of methoxy groups -OCH3 is 1. The summed E-state index contributed by atoms with van der Waals surface area (Å²) >= 11 is 6.01. The first-order valence-electron chi connectivity index (χ1n) is 9.22. The van der Waals surface area contributed by atoms with Crippen LogP contribution in [0.15, 0.2) is 42.5 Å². The molecule has 5 nitrogen and oxygen atoms in total. The summed E-state index contributed by atoms with van der Waals surface area (Å²) in [7, 11) is 1.58. The van der Waals surface area contributed by atoms with Crippen molar-refractivity contribution >= 4 is 28.9 Å². The Morgan fingerprint density at radius 1 is 1.15 bits per heavy atom. The first kappa shape index (κ1) is 19.5. The van der Waals surface area contributed by atoms with Crippen LogP contribution in [0.2, 0.25) is 5.02 Å². The van der Waals surface area contributed by atoms with Crippen molar-refractivity contribution in [1.29, 1.82) is 0 Å². The van der Waals surface area contributed by atoms with Gasteiger partial charge in [0.25, 0.3) is 0 Å². The van der Waals surface area contributed by atoms with Gasteiger partial charge in [-0.15, -0.1) is 0 Å². The monoisotopic (exact) mass is 387 g/mol. The Labute approximate surface area is 165 Å². The predicted molar refractivity (Wildman–Crippen MR) is 111 cm³/mol. The van der Waals surface area contributed by atoms with Gasteiger partial charge in [-0.05, 0) is 42.8 Å². The third-order valence-electron chi connectivity index (χ3n) is 4.83. The maximum atomic E-state index is 12.3. The molecule has 0 aromatic heterocycles. The molecule has 1 N–H and O–H groups in total. The molecule has 0 spiro atoms. The van der Waals surface area contributed by atoms with Crippen molar-refractivity contribution in [2.75, 3.05) is 50.1 Å². The average Bonchev–Trinajstić information content (AvgIpc) is 2.67. The third-order valence-corrected chi connectivity index (χ3v) is 5.06. The number of benzene rings is 2. The number of nitrogens with zero attached hydrogens (tertiary/aromatic N) is 2. The van der Waals surface area contributed by atoms with E-state index in [0.29, 0.717) is 22.9 Å². The predicted octanol–water partition coefficient (Wildman–Crippen LogP) is 3.81. The minimum Gasteiger partial charge on any atom is -0.495 e. The molecule has 3 rings (SSSR count). The Bertz CT molecular complexity index is 789. The number of piperazine rings is 1. The van der Waals surface area contributed by atoms with Gasteiger partial charge in [0.05, 0.1) is 12.8 Å². The van der Waals surface area contributed by atoms with Crippen LogP contribution in [0.25, 0.3) is 0 Å². The molecule has 2 aromatic carbocycles. The third kappa shape index (κ3) is 5.37. The molecular formula is C21H26ClN3O2. The van der Waals surface area contributed by atoms with E-state index in [-0.39, 0.29) is 5.91 Å². The number of hydrogen-bond acceptors (Lipinski definition) is 4. The standard InChI is InChI=1S/C21H26ClN3O2/c1-16-4-3-5-18(14-16)25-12-10-24(11-13-25)9-8-21(26)23-19-15-17(22)6-7-20(19)27-2/h3-7,14-15H,8-13H2,1-2H3,(H,23,26). The molecule has 0 aliphatic carbocycles. The van der Waals surface area contributed by atoms with Crippen molar-refractivity contribution in [1.82, 2.24) is 4.90 Å². The minimum absolute atomic E-state index is 0.0309. The molecule has 1 saturated heterocycles. The Morgan fingerprint density at radius 3 is 2.63 bits per heavy atom. The Balaban J connectivity index is 1.46. The summed E-state index contributed by atoms with van der Waals surface area (Å²) in [4.78, 5) is 17.0. The van der Waals surface area contributed by atoms with Gasteiger partial charge < -0.3 is 15.0 Å². The lowest BCUT2D eigenvalue weighted by molar-refractivity contribution is -0.116. The molecule has 1 amide bonds. The first-order chi connectivity index (χ1) is 13.0. The lowest BCUT2D eigenvalue weighted by Crippen LogP contribution is -2.47. The highest BCUT2D eigenvalue weighted by molar-refractivity contribution is 6.31. The summed E-state index contributed by atoms with van der Waals surface area (Å²) in [6.07, 6.45) is 0.445. The number of rotatable bonds is 6. The fraction of sp³-hybridized carbons (Fsp3) is 0.381. The van der Waals surface area contributed by atoms with Gasteiger partial charge in [0.15, 0.2) is 0 Å². The molecule has 1 aliphatic heterocycles. The maximum absolute atomic E-state index is 12.3. The Hall–Kier alpha value is -2.24.